The average molecular weight is 356 g/mol. The molecule has 3 N–H and O–H groups in total. The number of anilines is 1. The van der Waals surface area contributed by atoms with Gasteiger partial charge in [-0.3, -0.25) is 14.9 Å². The smallest absolute Gasteiger partial charge is 0.293 e. The van der Waals surface area contributed by atoms with Gasteiger partial charge in [0.1, 0.15) is 5.69 Å². The zero-order valence-corrected chi connectivity index (χ0v) is 13.1. The topological polar surface area (TPSA) is 98.3 Å². The highest BCUT2D eigenvalue weighted by Gasteiger charge is 2.31. The first-order valence-electron chi connectivity index (χ1n) is 6.97. The van der Waals surface area contributed by atoms with Gasteiger partial charge in [0.15, 0.2) is 0 Å². The maximum atomic E-state index is 12.4. The number of amides is 1. The summed E-state index contributed by atoms with van der Waals surface area (Å²) in [6.45, 7) is 0.473. The van der Waals surface area contributed by atoms with Gasteiger partial charge in [-0.1, -0.05) is 28.8 Å². The summed E-state index contributed by atoms with van der Waals surface area (Å²) in [6.07, 6.45) is 3.82. The van der Waals surface area contributed by atoms with E-state index in [4.69, 9.17) is 5.73 Å². The highest BCUT2D eigenvalue weighted by atomic mass is 79.9. The Hall–Kier alpha value is -1.47. The molecule has 1 aliphatic carbocycles. The Kier molecular flexibility index (Phi) is 5.30. The molecule has 6 nitrogen and oxygen atoms in total. The number of halogens is 1. The molecular weight excluding hydrogens is 338 g/mol. The molecule has 2 rings (SSSR count). The lowest BCUT2D eigenvalue weighted by atomic mass is 9.78. The van der Waals surface area contributed by atoms with E-state index in [9.17, 15) is 14.9 Å². The maximum absolute atomic E-state index is 12.4. The van der Waals surface area contributed by atoms with Gasteiger partial charge in [-0.2, -0.15) is 0 Å². The second-order valence-corrected chi connectivity index (χ2v) is 6.21. The standard InChI is InChI=1S/C14H18BrN3O3/c15-10-5-6-12(13(7-10)18(20)21)17-14(19)11-4-2-1-3-9(11)8-16/h5-7,9,11H,1-4,8,16H2,(H,17,19). The van der Waals surface area contributed by atoms with Crippen LogP contribution in [0.2, 0.25) is 0 Å². The SMILES string of the molecule is NCC1CCCCC1C(=O)Nc1ccc(Br)cc1[N+](=O)[O-]. The summed E-state index contributed by atoms with van der Waals surface area (Å²) in [6, 6.07) is 4.60. The van der Waals surface area contributed by atoms with Crippen LogP contribution in [0.25, 0.3) is 0 Å². The van der Waals surface area contributed by atoms with E-state index in [1.807, 2.05) is 0 Å². The van der Waals surface area contributed by atoms with Crippen LogP contribution in [0.3, 0.4) is 0 Å². The number of hydrogen-bond donors (Lipinski definition) is 2. The van der Waals surface area contributed by atoms with Gasteiger partial charge in [0, 0.05) is 16.5 Å². The van der Waals surface area contributed by atoms with Crippen molar-refractivity contribution in [3.8, 4) is 0 Å². The molecule has 0 aliphatic heterocycles. The predicted octanol–water partition coefficient (Wildman–Crippen LogP) is 3.06. The van der Waals surface area contributed by atoms with Gasteiger partial charge in [-0.25, -0.2) is 0 Å². The summed E-state index contributed by atoms with van der Waals surface area (Å²) in [5, 5.41) is 13.8. The van der Waals surface area contributed by atoms with Crippen LogP contribution in [0.5, 0.6) is 0 Å². The van der Waals surface area contributed by atoms with Gasteiger partial charge >= 0.3 is 0 Å². The molecule has 2 unspecified atom stereocenters. The molecule has 2 atom stereocenters. The fraction of sp³-hybridized carbons (Fsp3) is 0.500. The number of hydrogen-bond acceptors (Lipinski definition) is 4. The van der Waals surface area contributed by atoms with E-state index in [0.717, 1.165) is 25.7 Å². The summed E-state index contributed by atoms with van der Waals surface area (Å²) in [5.41, 5.74) is 5.85. The number of nitro benzene ring substituents is 1. The Morgan fingerprint density at radius 3 is 2.81 bits per heavy atom. The van der Waals surface area contributed by atoms with E-state index in [0.29, 0.717) is 11.0 Å². The summed E-state index contributed by atoms with van der Waals surface area (Å²) in [4.78, 5) is 23.0. The summed E-state index contributed by atoms with van der Waals surface area (Å²) < 4.78 is 0.602. The van der Waals surface area contributed by atoms with Gasteiger partial charge in [0.05, 0.1) is 4.92 Å². The predicted molar refractivity (Wildman–Crippen MR) is 83.9 cm³/mol. The maximum Gasteiger partial charge on any atom is 0.293 e. The van der Waals surface area contributed by atoms with Crippen molar-refractivity contribution in [3.63, 3.8) is 0 Å². The molecule has 1 aromatic carbocycles. The first kappa shape index (κ1) is 15.9. The number of benzene rings is 1. The zero-order valence-electron chi connectivity index (χ0n) is 11.5. The first-order chi connectivity index (χ1) is 10.0. The largest absolute Gasteiger partial charge is 0.330 e. The average Bonchev–Trinajstić information content (AvgIpc) is 2.48. The van der Waals surface area contributed by atoms with E-state index < -0.39 is 4.92 Å². The summed E-state index contributed by atoms with van der Waals surface area (Å²) in [7, 11) is 0. The molecule has 0 radical (unpaired) electrons. The Bertz CT molecular complexity index is 550. The molecule has 1 saturated carbocycles. The van der Waals surface area contributed by atoms with E-state index in [-0.39, 0.29) is 29.1 Å². The van der Waals surface area contributed by atoms with Gasteiger partial charge in [-0.05, 0) is 37.4 Å². The van der Waals surface area contributed by atoms with Crippen LogP contribution in [0.4, 0.5) is 11.4 Å². The number of nitro groups is 1. The molecule has 0 saturated heterocycles. The Balaban J connectivity index is 2.17. The van der Waals surface area contributed by atoms with E-state index in [1.165, 1.54) is 6.07 Å². The first-order valence-corrected chi connectivity index (χ1v) is 7.77. The minimum Gasteiger partial charge on any atom is -0.330 e. The molecule has 1 aromatic rings. The third-order valence-corrected chi connectivity index (χ3v) is 4.46. The minimum absolute atomic E-state index is 0.113. The molecule has 114 valence electrons. The lowest BCUT2D eigenvalue weighted by Gasteiger charge is -2.29. The van der Waals surface area contributed by atoms with Crippen LogP contribution in [0, 0.1) is 22.0 Å². The van der Waals surface area contributed by atoms with Crippen molar-refractivity contribution in [3.05, 3.63) is 32.8 Å². The zero-order chi connectivity index (χ0) is 15.4. The summed E-state index contributed by atoms with van der Waals surface area (Å²) in [5.74, 6) is -0.171. The molecule has 0 aromatic heterocycles. The molecule has 1 aliphatic rings. The number of carbonyl (C=O) groups excluding carboxylic acids is 1. The van der Waals surface area contributed by atoms with Crippen LogP contribution in [-0.2, 0) is 4.79 Å². The normalized spacial score (nSPS) is 21.8. The Labute approximate surface area is 131 Å². The van der Waals surface area contributed by atoms with Crippen LogP contribution in [0.15, 0.2) is 22.7 Å². The van der Waals surface area contributed by atoms with Crippen molar-refractivity contribution in [2.75, 3.05) is 11.9 Å². The number of rotatable bonds is 4. The molecular formula is C14H18BrN3O3. The van der Waals surface area contributed by atoms with Gasteiger partial charge < -0.3 is 11.1 Å². The van der Waals surface area contributed by atoms with Crippen LogP contribution < -0.4 is 11.1 Å². The highest BCUT2D eigenvalue weighted by Crippen LogP contribution is 2.32. The van der Waals surface area contributed by atoms with Gasteiger partial charge in [-0.15, -0.1) is 0 Å². The van der Waals surface area contributed by atoms with Crippen molar-refractivity contribution < 1.29 is 9.72 Å². The lowest BCUT2D eigenvalue weighted by Crippen LogP contribution is -2.35. The lowest BCUT2D eigenvalue weighted by molar-refractivity contribution is -0.384. The highest BCUT2D eigenvalue weighted by molar-refractivity contribution is 9.10. The van der Waals surface area contributed by atoms with Crippen molar-refractivity contribution in [2.45, 2.75) is 25.7 Å². The van der Waals surface area contributed by atoms with Crippen molar-refractivity contribution in [2.24, 2.45) is 17.6 Å². The minimum atomic E-state index is -0.498. The second-order valence-electron chi connectivity index (χ2n) is 5.29. The fourth-order valence-electron chi connectivity index (χ4n) is 2.82. The molecule has 0 heterocycles. The Morgan fingerprint density at radius 1 is 1.43 bits per heavy atom. The third-order valence-electron chi connectivity index (χ3n) is 3.96. The molecule has 1 fully saturated rings. The number of nitrogens with two attached hydrogens (primary N) is 1. The number of nitrogens with one attached hydrogen (secondary N) is 1. The number of carbonyl (C=O) groups is 1. The van der Waals surface area contributed by atoms with Gasteiger partial charge in [0.2, 0.25) is 5.91 Å². The number of nitrogens with zero attached hydrogens (tertiary/aromatic N) is 1. The molecule has 0 spiro atoms. The quantitative estimate of drug-likeness (QED) is 0.640. The molecule has 0 bridgehead atoms. The van der Waals surface area contributed by atoms with Gasteiger partial charge in [0.25, 0.3) is 5.69 Å². The monoisotopic (exact) mass is 355 g/mol. The van der Waals surface area contributed by atoms with Crippen LogP contribution >= 0.6 is 15.9 Å². The molecule has 21 heavy (non-hydrogen) atoms. The fourth-order valence-corrected chi connectivity index (χ4v) is 3.17. The van der Waals surface area contributed by atoms with Crippen LogP contribution in [-0.4, -0.2) is 17.4 Å². The van der Waals surface area contributed by atoms with Crippen molar-refractivity contribution >= 4 is 33.2 Å². The van der Waals surface area contributed by atoms with E-state index in [2.05, 4.69) is 21.2 Å². The molecule has 7 heteroatoms. The van der Waals surface area contributed by atoms with Crippen LogP contribution in [0.1, 0.15) is 25.7 Å². The Morgan fingerprint density at radius 2 is 2.14 bits per heavy atom. The van der Waals surface area contributed by atoms with E-state index in [1.54, 1.807) is 12.1 Å². The van der Waals surface area contributed by atoms with Crippen molar-refractivity contribution in [1.29, 1.82) is 0 Å². The van der Waals surface area contributed by atoms with Crippen molar-refractivity contribution in [1.82, 2.24) is 0 Å². The van der Waals surface area contributed by atoms with E-state index >= 15 is 0 Å². The summed E-state index contributed by atoms with van der Waals surface area (Å²) >= 11 is 3.19. The third kappa shape index (κ3) is 3.79. The second kappa shape index (κ2) is 7.00. The molecule has 1 amide bonds.